The lowest BCUT2D eigenvalue weighted by Crippen LogP contribution is -2.57. The smallest absolute Gasteiger partial charge is 0.119 e. The Balaban J connectivity index is 1.77. The maximum absolute atomic E-state index is 6.00. The summed E-state index contributed by atoms with van der Waals surface area (Å²) in [5.74, 6) is 0.897. The fraction of sp³-hybridized carbons (Fsp3) is 0.368. The Morgan fingerprint density at radius 3 is 1.91 bits per heavy atom. The van der Waals surface area contributed by atoms with E-state index in [0.717, 1.165) is 23.9 Å². The van der Waals surface area contributed by atoms with E-state index in [1.54, 1.807) is 7.11 Å². The first-order chi connectivity index (χ1) is 11.1. The van der Waals surface area contributed by atoms with Crippen molar-refractivity contribution in [3.63, 3.8) is 0 Å². The van der Waals surface area contributed by atoms with Gasteiger partial charge in [0.05, 0.1) is 7.11 Å². The molecule has 2 atom stereocenters. The predicted octanol–water partition coefficient (Wildman–Crippen LogP) is 4.45. The van der Waals surface area contributed by atoms with Gasteiger partial charge in [-0.15, -0.1) is 0 Å². The number of piperazine rings is 1. The Kier molecular flexibility index (Phi) is 4.67. The second kappa shape index (κ2) is 6.71. The van der Waals surface area contributed by atoms with Gasteiger partial charge in [-0.1, -0.05) is 11.6 Å². The van der Waals surface area contributed by atoms with E-state index in [-0.39, 0.29) is 0 Å². The van der Waals surface area contributed by atoms with Crippen molar-refractivity contribution in [2.24, 2.45) is 0 Å². The number of hydrogen-bond donors (Lipinski definition) is 0. The van der Waals surface area contributed by atoms with Crippen LogP contribution in [0, 0.1) is 0 Å². The molecule has 2 aromatic carbocycles. The van der Waals surface area contributed by atoms with Crippen molar-refractivity contribution in [2.75, 3.05) is 30.0 Å². The minimum atomic E-state index is 0.433. The number of halogens is 1. The summed E-state index contributed by atoms with van der Waals surface area (Å²) in [6, 6.07) is 17.3. The van der Waals surface area contributed by atoms with E-state index in [0.29, 0.717) is 12.1 Å². The molecule has 23 heavy (non-hydrogen) atoms. The van der Waals surface area contributed by atoms with Gasteiger partial charge in [0.25, 0.3) is 0 Å². The third-order valence-corrected chi connectivity index (χ3v) is 4.73. The van der Waals surface area contributed by atoms with Crippen LogP contribution in [0.4, 0.5) is 11.4 Å². The van der Waals surface area contributed by atoms with Gasteiger partial charge in [0, 0.05) is 41.6 Å². The van der Waals surface area contributed by atoms with Crippen molar-refractivity contribution in [1.29, 1.82) is 0 Å². The Labute approximate surface area is 143 Å². The first-order valence-electron chi connectivity index (χ1n) is 8.01. The highest BCUT2D eigenvalue weighted by atomic mass is 35.5. The van der Waals surface area contributed by atoms with Crippen molar-refractivity contribution >= 4 is 23.0 Å². The van der Waals surface area contributed by atoms with Crippen LogP contribution in [0.5, 0.6) is 5.75 Å². The van der Waals surface area contributed by atoms with Crippen molar-refractivity contribution in [2.45, 2.75) is 25.9 Å². The van der Waals surface area contributed by atoms with E-state index < -0.39 is 0 Å². The van der Waals surface area contributed by atoms with Crippen LogP contribution in [0.15, 0.2) is 48.5 Å². The molecule has 0 bridgehead atoms. The van der Waals surface area contributed by atoms with E-state index >= 15 is 0 Å². The number of rotatable bonds is 3. The lowest BCUT2D eigenvalue weighted by atomic mass is 10.1. The topological polar surface area (TPSA) is 15.7 Å². The standard InChI is InChI=1S/C19H23ClN2O/c1-14-12-21(17-6-4-16(20)5-7-17)13-15(2)22(14)18-8-10-19(23-3)11-9-18/h4-11,14-15H,12-13H2,1-3H3/t14-,15+. The zero-order chi connectivity index (χ0) is 16.4. The molecule has 0 N–H and O–H groups in total. The second-order valence-electron chi connectivity index (χ2n) is 6.18. The van der Waals surface area contributed by atoms with E-state index in [9.17, 15) is 0 Å². The summed E-state index contributed by atoms with van der Waals surface area (Å²) >= 11 is 6.00. The highest BCUT2D eigenvalue weighted by Crippen LogP contribution is 2.29. The van der Waals surface area contributed by atoms with E-state index in [2.05, 4.69) is 47.9 Å². The summed E-state index contributed by atoms with van der Waals surface area (Å²) < 4.78 is 5.26. The van der Waals surface area contributed by atoms with Crippen LogP contribution < -0.4 is 14.5 Å². The van der Waals surface area contributed by atoms with Gasteiger partial charge in [-0.3, -0.25) is 0 Å². The summed E-state index contributed by atoms with van der Waals surface area (Å²) in [7, 11) is 1.70. The molecule has 122 valence electrons. The zero-order valence-electron chi connectivity index (χ0n) is 13.9. The number of anilines is 2. The van der Waals surface area contributed by atoms with Crippen LogP contribution in [0.1, 0.15) is 13.8 Å². The van der Waals surface area contributed by atoms with Gasteiger partial charge in [0.1, 0.15) is 5.75 Å². The van der Waals surface area contributed by atoms with Gasteiger partial charge in [-0.05, 0) is 62.4 Å². The number of benzene rings is 2. The molecule has 0 aliphatic carbocycles. The van der Waals surface area contributed by atoms with E-state index in [4.69, 9.17) is 16.3 Å². The number of methoxy groups -OCH3 is 1. The molecule has 0 aromatic heterocycles. The van der Waals surface area contributed by atoms with Crippen LogP contribution in [0.3, 0.4) is 0 Å². The highest BCUT2D eigenvalue weighted by molar-refractivity contribution is 6.30. The maximum atomic E-state index is 6.00. The first-order valence-corrected chi connectivity index (χ1v) is 8.39. The molecule has 4 heteroatoms. The molecule has 2 aromatic rings. The average Bonchev–Trinajstić information content (AvgIpc) is 2.55. The molecule has 0 saturated carbocycles. The second-order valence-corrected chi connectivity index (χ2v) is 6.62. The molecule has 1 saturated heterocycles. The SMILES string of the molecule is COc1ccc(N2[C@H](C)CN(c3ccc(Cl)cc3)C[C@@H]2C)cc1. The van der Waals surface area contributed by atoms with Crippen LogP contribution >= 0.6 is 11.6 Å². The van der Waals surface area contributed by atoms with Gasteiger partial charge in [-0.25, -0.2) is 0 Å². The fourth-order valence-electron chi connectivity index (χ4n) is 3.45. The summed E-state index contributed by atoms with van der Waals surface area (Å²) in [4.78, 5) is 4.93. The summed E-state index contributed by atoms with van der Waals surface area (Å²) in [6.45, 7) is 6.56. The quantitative estimate of drug-likeness (QED) is 0.826. The molecular weight excluding hydrogens is 308 g/mol. The molecule has 0 amide bonds. The molecule has 1 aliphatic heterocycles. The molecule has 1 fully saturated rings. The van der Waals surface area contributed by atoms with Crippen LogP contribution in [0.25, 0.3) is 0 Å². The Morgan fingerprint density at radius 1 is 0.870 bits per heavy atom. The first kappa shape index (κ1) is 16.0. The molecule has 0 radical (unpaired) electrons. The van der Waals surface area contributed by atoms with Crippen molar-refractivity contribution in [3.8, 4) is 5.75 Å². The molecule has 1 aliphatic rings. The fourth-order valence-corrected chi connectivity index (χ4v) is 3.57. The van der Waals surface area contributed by atoms with Gasteiger partial charge >= 0.3 is 0 Å². The minimum Gasteiger partial charge on any atom is -0.497 e. The number of nitrogens with zero attached hydrogens (tertiary/aromatic N) is 2. The third kappa shape index (κ3) is 3.40. The zero-order valence-corrected chi connectivity index (χ0v) is 14.6. The highest BCUT2D eigenvalue weighted by Gasteiger charge is 2.29. The van der Waals surface area contributed by atoms with E-state index in [1.165, 1.54) is 11.4 Å². The number of hydrogen-bond acceptors (Lipinski definition) is 3. The van der Waals surface area contributed by atoms with Gasteiger partial charge in [-0.2, -0.15) is 0 Å². The van der Waals surface area contributed by atoms with Crippen LogP contribution in [-0.4, -0.2) is 32.3 Å². The van der Waals surface area contributed by atoms with Gasteiger partial charge in [0.2, 0.25) is 0 Å². The number of ether oxygens (including phenoxy) is 1. The van der Waals surface area contributed by atoms with Crippen molar-refractivity contribution < 1.29 is 4.74 Å². The lowest BCUT2D eigenvalue weighted by Gasteiger charge is -2.46. The maximum Gasteiger partial charge on any atom is 0.119 e. The Morgan fingerprint density at radius 2 is 1.39 bits per heavy atom. The molecule has 1 heterocycles. The van der Waals surface area contributed by atoms with Crippen LogP contribution in [0.2, 0.25) is 5.02 Å². The Bertz CT molecular complexity index is 629. The Hall–Kier alpha value is -1.87. The minimum absolute atomic E-state index is 0.433. The summed E-state index contributed by atoms with van der Waals surface area (Å²) in [5, 5.41) is 0.784. The molecular formula is C19H23ClN2O. The molecule has 0 unspecified atom stereocenters. The normalized spacial score (nSPS) is 21.4. The van der Waals surface area contributed by atoms with Crippen molar-refractivity contribution in [3.05, 3.63) is 53.6 Å². The van der Waals surface area contributed by atoms with Gasteiger partial charge < -0.3 is 14.5 Å². The molecule has 3 nitrogen and oxygen atoms in total. The monoisotopic (exact) mass is 330 g/mol. The largest absolute Gasteiger partial charge is 0.497 e. The van der Waals surface area contributed by atoms with Crippen LogP contribution in [-0.2, 0) is 0 Å². The third-order valence-electron chi connectivity index (χ3n) is 4.48. The van der Waals surface area contributed by atoms with Gasteiger partial charge in [0.15, 0.2) is 0 Å². The summed E-state index contributed by atoms with van der Waals surface area (Å²) in [6.07, 6.45) is 0. The van der Waals surface area contributed by atoms with Crippen molar-refractivity contribution in [1.82, 2.24) is 0 Å². The molecule has 0 spiro atoms. The average molecular weight is 331 g/mol. The van der Waals surface area contributed by atoms with E-state index in [1.807, 2.05) is 24.3 Å². The predicted molar refractivity (Wildman–Crippen MR) is 98.1 cm³/mol. The molecule has 3 rings (SSSR count). The summed E-state index contributed by atoms with van der Waals surface area (Å²) in [5.41, 5.74) is 2.49. The lowest BCUT2D eigenvalue weighted by molar-refractivity contribution is 0.414.